The van der Waals surface area contributed by atoms with E-state index in [1.54, 1.807) is 16.4 Å². The maximum Gasteiger partial charge on any atom is 0.490 e. The molecule has 0 aliphatic carbocycles. The van der Waals surface area contributed by atoms with Crippen LogP contribution in [0, 0.1) is 18.8 Å². The molecule has 1 aromatic rings. The number of aliphatic carboxylic acids is 2. The van der Waals surface area contributed by atoms with Crippen LogP contribution in [0.25, 0.3) is 0 Å². The number of piperidine rings is 1. The van der Waals surface area contributed by atoms with E-state index < -0.39 is 24.3 Å². The maximum atomic E-state index is 12.9. The third-order valence-corrected chi connectivity index (χ3v) is 6.60. The van der Waals surface area contributed by atoms with Crippen LogP contribution in [0.15, 0.2) is 5.51 Å². The Hall–Kier alpha value is -2.50. The number of ether oxygens (including phenoxy) is 1. The Morgan fingerprint density at radius 2 is 1.68 bits per heavy atom. The summed E-state index contributed by atoms with van der Waals surface area (Å²) in [5, 5.41) is 15.8. The van der Waals surface area contributed by atoms with Gasteiger partial charge < -0.3 is 14.9 Å². The minimum Gasteiger partial charge on any atom is -0.475 e. The lowest BCUT2D eigenvalue weighted by Gasteiger charge is -2.40. The lowest BCUT2D eigenvalue weighted by molar-refractivity contribution is -0.193. The Balaban J connectivity index is 0.000000286. The third-order valence-electron chi connectivity index (χ3n) is 5.68. The summed E-state index contributed by atoms with van der Waals surface area (Å²) in [6, 6.07) is 0. The number of halogens is 6. The first kappa shape index (κ1) is 30.7. The molecule has 3 atom stereocenters. The van der Waals surface area contributed by atoms with Gasteiger partial charge in [-0.15, -0.1) is 11.3 Å². The fourth-order valence-electron chi connectivity index (χ4n) is 3.93. The van der Waals surface area contributed by atoms with Crippen molar-refractivity contribution in [3.8, 4) is 0 Å². The van der Waals surface area contributed by atoms with Gasteiger partial charge in [0.1, 0.15) is 0 Å². The molecule has 1 amide bonds. The van der Waals surface area contributed by atoms with Crippen LogP contribution in [-0.4, -0.2) is 94.3 Å². The van der Waals surface area contributed by atoms with Gasteiger partial charge in [-0.2, -0.15) is 26.3 Å². The standard InChI is InChI=1S/C16H23N3O3S.2C2HF3O2/c1-11-15(23-10-17-11)9-18-7-13(12-3-6-21-14(12)8-18)16(20)19-4-2-5-22-19;2*3-2(4,5)1(6)7/h10,12-14H,2-9H2,1H3;2*(H,6,7)/t12-,13-,14+;;/m0../s1. The van der Waals surface area contributed by atoms with Crippen molar-refractivity contribution in [1.29, 1.82) is 0 Å². The lowest BCUT2D eigenvalue weighted by Crippen LogP contribution is -2.52. The molecule has 3 fully saturated rings. The van der Waals surface area contributed by atoms with E-state index in [0.29, 0.717) is 12.5 Å². The number of carbonyl (C=O) groups excluding carboxylic acids is 1. The van der Waals surface area contributed by atoms with Gasteiger partial charge in [0.25, 0.3) is 5.91 Å². The molecule has 10 nitrogen and oxygen atoms in total. The van der Waals surface area contributed by atoms with Crippen molar-refractivity contribution >= 4 is 29.2 Å². The van der Waals surface area contributed by atoms with Crippen LogP contribution in [0.4, 0.5) is 26.3 Å². The number of carboxylic acids is 2. The van der Waals surface area contributed by atoms with Crippen LogP contribution >= 0.6 is 11.3 Å². The summed E-state index contributed by atoms with van der Waals surface area (Å²) in [7, 11) is 0. The van der Waals surface area contributed by atoms with Crippen LogP contribution < -0.4 is 0 Å². The van der Waals surface area contributed by atoms with E-state index in [4.69, 9.17) is 29.4 Å². The van der Waals surface area contributed by atoms with E-state index >= 15 is 0 Å². The number of aromatic nitrogens is 1. The van der Waals surface area contributed by atoms with Crippen molar-refractivity contribution in [2.75, 3.05) is 32.8 Å². The predicted octanol–water partition coefficient (Wildman–Crippen LogP) is 2.72. The van der Waals surface area contributed by atoms with Crippen molar-refractivity contribution in [2.45, 2.75) is 44.8 Å². The summed E-state index contributed by atoms with van der Waals surface area (Å²) in [6.07, 6.45) is -8.07. The number of hydroxylamine groups is 2. The quantitative estimate of drug-likeness (QED) is 0.532. The van der Waals surface area contributed by atoms with E-state index in [0.717, 1.165) is 51.3 Å². The molecule has 0 radical (unpaired) electrons. The zero-order valence-corrected chi connectivity index (χ0v) is 20.2. The fraction of sp³-hybridized carbons (Fsp3) is 0.700. The minimum absolute atomic E-state index is 0.0115. The molecule has 4 rings (SSSR count). The molecule has 4 heterocycles. The summed E-state index contributed by atoms with van der Waals surface area (Å²) >= 11 is 1.69. The average Bonchev–Trinajstić information content (AvgIpc) is 3.55. The van der Waals surface area contributed by atoms with E-state index in [-0.39, 0.29) is 17.9 Å². The molecule has 2 N–H and O–H groups in total. The first-order valence-corrected chi connectivity index (χ1v) is 11.8. The number of rotatable bonds is 3. The van der Waals surface area contributed by atoms with Crippen LogP contribution in [0.2, 0.25) is 0 Å². The predicted molar refractivity (Wildman–Crippen MR) is 113 cm³/mol. The molecular weight excluding hydrogens is 540 g/mol. The SMILES string of the molecule is Cc1ncsc1CN1C[C@H](C(=O)N2CCCO2)[C@@H]2CCO[C@@H]2C1.O=C(O)C(F)(F)F.O=C(O)C(F)(F)F. The van der Waals surface area contributed by atoms with Gasteiger partial charge in [0, 0.05) is 37.0 Å². The van der Waals surface area contributed by atoms with Crippen LogP contribution in [0.3, 0.4) is 0 Å². The van der Waals surface area contributed by atoms with Gasteiger partial charge in [-0.05, 0) is 19.8 Å². The highest BCUT2D eigenvalue weighted by molar-refractivity contribution is 7.09. The molecule has 3 aliphatic heterocycles. The highest BCUT2D eigenvalue weighted by Gasteiger charge is 2.46. The summed E-state index contributed by atoms with van der Waals surface area (Å²) < 4.78 is 69.4. The largest absolute Gasteiger partial charge is 0.490 e. The summed E-state index contributed by atoms with van der Waals surface area (Å²) in [6.45, 7) is 6.76. The van der Waals surface area contributed by atoms with E-state index in [2.05, 4.69) is 9.88 Å². The van der Waals surface area contributed by atoms with Gasteiger partial charge in [-0.1, -0.05) is 0 Å². The number of alkyl halides is 6. The van der Waals surface area contributed by atoms with E-state index in [9.17, 15) is 31.1 Å². The number of carboxylic acid groups (broad SMARTS) is 2. The maximum absolute atomic E-state index is 12.9. The first-order chi connectivity index (χ1) is 17.1. The van der Waals surface area contributed by atoms with Gasteiger partial charge in [0.05, 0.1) is 36.4 Å². The molecule has 0 bridgehead atoms. The van der Waals surface area contributed by atoms with Crippen molar-refractivity contribution < 1.29 is 60.5 Å². The minimum atomic E-state index is -5.08. The fourth-order valence-corrected chi connectivity index (χ4v) is 4.75. The van der Waals surface area contributed by atoms with Gasteiger partial charge in [-0.3, -0.25) is 14.5 Å². The highest BCUT2D eigenvalue weighted by Crippen LogP contribution is 2.36. The van der Waals surface area contributed by atoms with E-state index in [1.807, 2.05) is 12.4 Å². The molecule has 0 spiro atoms. The second-order valence-corrected chi connectivity index (χ2v) is 9.20. The number of carbonyl (C=O) groups is 3. The highest BCUT2D eigenvalue weighted by atomic mass is 32.1. The molecule has 1 aromatic heterocycles. The second-order valence-electron chi connectivity index (χ2n) is 8.26. The molecule has 0 saturated carbocycles. The molecular formula is C20H25F6N3O7S. The van der Waals surface area contributed by atoms with Crippen molar-refractivity contribution in [3.63, 3.8) is 0 Å². The first-order valence-electron chi connectivity index (χ1n) is 10.9. The Bertz CT molecular complexity index is 912. The van der Waals surface area contributed by atoms with Gasteiger partial charge >= 0.3 is 24.3 Å². The average molecular weight is 565 g/mol. The van der Waals surface area contributed by atoms with Crippen molar-refractivity contribution in [3.05, 3.63) is 16.1 Å². The zero-order valence-electron chi connectivity index (χ0n) is 19.4. The molecule has 210 valence electrons. The smallest absolute Gasteiger partial charge is 0.475 e. The zero-order chi connectivity index (χ0) is 28.0. The summed E-state index contributed by atoms with van der Waals surface area (Å²) in [5.74, 6) is -5.04. The number of thiazole rings is 1. The third kappa shape index (κ3) is 9.08. The number of likely N-dealkylation sites (tertiary alicyclic amines) is 1. The number of hydrogen-bond acceptors (Lipinski definition) is 8. The van der Waals surface area contributed by atoms with Crippen molar-refractivity contribution in [1.82, 2.24) is 14.9 Å². The van der Waals surface area contributed by atoms with Crippen LogP contribution in [-0.2, 0) is 30.5 Å². The Morgan fingerprint density at radius 3 is 2.14 bits per heavy atom. The molecule has 0 unspecified atom stereocenters. The van der Waals surface area contributed by atoms with Gasteiger partial charge in [0.15, 0.2) is 0 Å². The summed E-state index contributed by atoms with van der Waals surface area (Å²) in [5.41, 5.74) is 2.99. The molecule has 37 heavy (non-hydrogen) atoms. The molecule has 0 aromatic carbocycles. The number of aryl methyl sites for hydroxylation is 1. The number of fused-ring (bicyclic) bond motifs is 1. The second kappa shape index (κ2) is 12.8. The number of amides is 1. The Labute approximate surface area is 210 Å². The summed E-state index contributed by atoms with van der Waals surface area (Å²) in [4.78, 5) is 44.1. The lowest BCUT2D eigenvalue weighted by atomic mass is 9.82. The van der Waals surface area contributed by atoms with Gasteiger partial charge in [-0.25, -0.2) is 19.6 Å². The Morgan fingerprint density at radius 1 is 1.08 bits per heavy atom. The topological polar surface area (TPSA) is 130 Å². The van der Waals surface area contributed by atoms with E-state index in [1.165, 1.54) is 4.88 Å². The molecule has 3 aliphatic rings. The normalized spacial score (nSPS) is 23.9. The monoisotopic (exact) mass is 565 g/mol. The number of hydrogen-bond donors (Lipinski definition) is 2. The van der Waals surface area contributed by atoms with Crippen molar-refractivity contribution in [2.24, 2.45) is 11.8 Å². The van der Waals surface area contributed by atoms with Gasteiger partial charge in [0.2, 0.25) is 0 Å². The van der Waals surface area contributed by atoms with Crippen LogP contribution in [0.5, 0.6) is 0 Å². The molecule has 17 heteroatoms. The van der Waals surface area contributed by atoms with Crippen LogP contribution in [0.1, 0.15) is 23.4 Å². The molecule has 3 saturated heterocycles. The number of nitrogens with zero attached hydrogens (tertiary/aromatic N) is 3. The Kier molecular flexibility index (Phi) is 10.7.